The molecule has 1 saturated carbocycles. The van der Waals surface area contributed by atoms with E-state index < -0.39 is 0 Å². The highest BCUT2D eigenvalue weighted by Gasteiger charge is 2.25. The molecule has 1 aliphatic carbocycles. The zero-order valence-corrected chi connectivity index (χ0v) is 14.6. The highest BCUT2D eigenvalue weighted by Crippen LogP contribution is 2.35. The largest absolute Gasteiger partial charge is 0.317 e. The van der Waals surface area contributed by atoms with Gasteiger partial charge in [-0.1, -0.05) is 31.0 Å². The van der Waals surface area contributed by atoms with Gasteiger partial charge in [0.2, 0.25) is 5.91 Å². The molecule has 5 heteroatoms. The fourth-order valence-corrected chi connectivity index (χ4v) is 3.99. The molecule has 0 atom stereocenters. The maximum Gasteiger partial charge on any atom is 0.228 e. The summed E-state index contributed by atoms with van der Waals surface area (Å²) in [7, 11) is 0. The second-order valence-corrected chi connectivity index (χ2v) is 7.20. The molecule has 0 spiro atoms. The third-order valence-corrected chi connectivity index (χ3v) is 5.46. The van der Waals surface area contributed by atoms with Crippen molar-refractivity contribution in [2.45, 2.75) is 44.4 Å². The Balaban J connectivity index is 1.61. The molecule has 0 radical (unpaired) electrons. The molecule has 4 rings (SSSR count). The number of carbonyl (C=O) groups excluding carboxylic acids is 1. The zero-order valence-electron chi connectivity index (χ0n) is 14.6. The van der Waals surface area contributed by atoms with Crippen LogP contribution in [0.3, 0.4) is 0 Å². The first-order chi connectivity index (χ1) is 12.3. The first-order valence-electron chi connectivity index (χ1n) is 9.48. The number of para-hydroxylation sites is 1. The Morgan fingerprint density at radius 2 is 1.80 bits per heavy atom. The van der Waals surface area contributed by atoms with Crippen LogP contribution in [0, 0.1) is 5.92 Å². The summed E-state index contributed by atoms with van der Waals surface area (Å²) in [4.78, 5) is 12.7. The highest BCUT2D eigenvalue weighted by atomic mass is 16.2. The second-order valence-electron chi connectivity index (χ2n) is 7.20. The average Bonchev–Trinajstić information content (AvgIpc) is 3.33. The Hall–Kier alpha value is -2.14. The highest BCUT2D eigenvalue weighted by molar-refractivity contribution is 5.92. The summed E-state index contributed by atoms with van der Waals surface area (Å²) in [6.45, 7) is 1.84. The van der Waals surface area contributed by atoms with Crippen LogP contribution in [-0.4, -0.2) is 28.8 Å². The van der Waals surface area contributed by atoms with E-state index in [-0.39, 0.29) is 11.8 Å². The van der Waals surface area contributed by atoms with Crippen LogP contribution in [0.2, 0.25) is 0 Å². The van der Waals surface area contributed by atoms with Crippen LogP contribution >= 0.6 is 0 Å². The number of carbonyl (C=O) groups is 1. The van der Waals surface area contributed by atoms with E-state index in [0.29, 0.717) is 5.92 Å². The molecule has 132 valence electrons. The van der Waals surface area contributed by atoms with Gasteiger partial charge in [0, 0.05) is 17.9 Å². The maximum atomic E-state index is 12.7. The summed E-state index contributed by atoms with van der Waals surface area (Å²) < 4.78 is 1.90. The summed E-state index contributed by atoms with van der Waals surface area (Å²) in [5.41, 5.74) is 2.11. The molecule has 2 N–H and O–H groups in total. The van der Waals surface area contributed by atoms with Crippen molar-refractivity contribution >= 4 is 11.7 Å². The normalized spacial score (nSPS) is 19.2. The summed E-state index contributed by atoms with van der Waals surface area (Å²) >= 11 is 0. The van der Waals surface area contributed by atoms with Gasteiger partial charge >= 0.3 is 0 Å². The van der Waals surface area contributed by atoms with E-state index in [1.807, 2.05) is 35.0 Å². The van der Waals surface area contributed by atoms with Crippen molar-refractivity contribution in [3.63, 3.8) is 0 Å². The minimum absolute atomic E-state index is 0.0929. The lowest BCUT2D eigenvalue weighted by atomic mass is 9.97. The van der Waals surface area contributed by atoms with Crippen molar-refractivity contribution < 1.29 is 4.79 Å². The first kappa shape index (κ1) is 16.3. The lowest BCUT2D eigenvalue weighted by molar-refractivity contribution is -0.120. The van der Waals surface area contributed by atoms with Gasteiger partial charge in [0.15, 0.2) is 0 Å². The molecule has 0 bridgehead atoms. The minimum atomic E-state index is 0.0929. The summed E-state index contributed by atoms with van der Waals surface area (Å²) in [6.07, 6.45) is 6.77. The van der Waals surface area contributed by atoms with Gasteiger partial charge in [-0.15, -0.1) is 0 Å². The fraction of sp³-hybridized carbons (Fsp3) is 0.500. The summed E-state index contributed by atoms with van der Waals surface area (Å²) in [5, 5.41) is 11.3. The van der Waals surface area contributed by atoms with Gasteiger partial charge in [-0.25, -0.2) is 4.68 Å². The van der Waals surface area contributed by atoms with Gasteiger partial charge in [0.05, 0.1) is 11.4 Å². The van der Waals surface area contributed by atoms with Crippen LogP contribution in [0.15, 0.2) is 36.4 Å². The average molecular weight is 338 g/mol. The molecule has 5 nitrogen and oxygen atoms in total. The molecule has 1 saturated heterocycles. The molecule has 1 aliphatic heterocycles. The molecule has 1 aromatic heterocycles. The van der Waals surface area contributed by atoms with E-state index in [9.17, 15) is 4.79 Å². The molecule has 2 aromatic rings. The van der Waals surface area contributed by atoms with Crippen LogP contribution in [0.5, 0.6) is 0 Å². The summed E-state index contributed by atoms with van der Waals surface area (Å²) in [5.74, 6) is 1.54. The Morgan fingerprint density at radius 1 is 1.08 bits per heavy atom. The van der Waals surface area contributed by atoms with E-state index >= 15 is 0 Å². The van der Waals surface area contributed by atoms with Gasteiger partial charge in [0.1, 0.15) is 5.82 Å². The Kier molecular flexibility index (Phi) is 4.83. The van der Waals surface area contributed by atoms with Crippen molar-refractivity contribution in [2.75, 3.05) is 18.4 Å². The number of piperidine rings is 1. The molecule has 0 unspecified atom stereocenters. The summed E-state index contributed by atoms with van der Waals surface area (Å²) in [6, 6.07) is 12.2. The third-order valence-electron chi connectivity index (χ3n) is 5.46. The topological polar surface area (TPSA) is 59.0 Å². The molecule has 2 fully saturated rings. The van der Waals surface area contributed by atoms with Crippen LogP contribution in [0.4, 0.5) is 5.82 Å². The van der Waals surface area contributed by atoms with Crippen LogP contribution in [0.1, 0.15) is 50.1 Å². The Bertz CT molecular complexity index is 713. The van der Waals surface area contributed by atoms with Crippen molar-refractivity contribution in [1.29, 1.82) is 0 Å². The van der Waals surface area contributed by atoms with Crippen LogP contribution in [0.25, 0.3) is 5.69 Å². The lowest BCUT2D eigenvalue weighted by Crippen LogP contribution is -2.35. The van der Waals surface area contributed by atoms with Crippen LogP contribution in [-0.2, 0) is 4.79 Å². The predicted octanol–water partition coefficient (Wildman–Crippen LogP) is 3.47. The van der Waals surface area contributed by atoms with E-state index in [0.717, 1.165) is 43.1 Å². The molecule has 2 aliphatic rings. The number of rotatable bonds is 4. The van der Waals surface area contributed by atoms with Gasteiger partial charge in [-0.05, 0) is 50.9 Å². The number of benzene rings is 1. The van der Waals surface area contributed by atoms with Gasteiger partial charge in [0.25, 0.3) is 0 Å². The lowest BCUT2D eigenvalue weighted by Gasteiger charge is -2.21. The van der Waals surface area contributed by atoms with Gasteiger partial charge in [-0.3, -0.25) is 4.79 Å². The molecule has 1 aromatic carbocycles. The van der Waals surface area contributed by atoms with E-state index in [1.165, 1.54) is 25.7 Å². The third kappa shape index (κ3) is 3.61. The Morgan fingerprint density at radius 3 is 2.52 bits per heavy atom. The smallest absolute Gasteiger partial charge is 0.228 e. The standard InChI is InChI=1S/C20H26N4O/c25-20(16-10-12-21-13-11-16)22-19-14-18(15-6-4-5-7-15)23-24(19)17-8-2-1-3-9-17/h1-3,8-9,14-16,21H,4-7,10-13H2,(H,22,25). The SMILES string of the molecule is O=C(Nc1cc(C2CCCC2)nn1-c1ccccc1)C1CCNCC1. The number of nitrogens with zero attached hydrogens (tertiary/aromatic N) is 2. The van der Waals surface area contributed by atoms with Crippen molar-refractivity contribution in [1.82, 2.24) is 15.1 Å². The van der Waals surface area contributed by atoms with Crippen molar-refractivity contribution in [2.24, 2.45) is 5.92 Å². The number of anilines is 1. The molecular weight excluding hydrogens is 312 g/mol. The number of amides is 1. The van der Waals surface area contributed by atoms with Gasteiger partial charge in [-0.2, -0.15) is 5.10 Å². The zero-order chi connectivity index (χ0) is 17.1. The number of hydrogen-bond acceptors (Lipinski definition) is 3. The monoisotopic (exact) mass is 338 g/mol. The van der Waals surface area contributed by atoms with Crippen molar-refractivity contribution in [3.8, 4) is 5.69 Å². The van der Waals surface area contributed by atoms with E-state index in [4.69, 9.17) is 5.10 Å². The molecule has 25 heavy (non-hydrogen) atoms. The van der Waals surface area contributed by atoms with Gasteiger partial charge < -0.3 is 10.6 Å². The predicted molar refractivity (Wildman–Crippen MR) is 99.0 cm³/mol. The van der Waals surface area contributed by atoms with Crippen LogP contribution < -0.4 is 10.6 Å². The van der Waals surface area contributed by atoms with Crippen molar-refractivity contribution in [3.05, 3.63) is 42.1 Å². The second kappa shape index (κ2) is 7.40. The quantitative estimate of drug-likeness (QED) is 0.897. The number of hydrogen-bond donors (Lipinski definition) is 2. The first-order valence-corrected chi connectivity index (χ1v) is 9.48. The minimum Gasteiger partial charge on any atom is -0.317 e. The molecule has 2 heterocycles. The van der Waals surface area contributed by atoms with E-state index in [1.54, 1.807) is 0 Å². The van der Waals surface area contributed by atoms with E-state index in [2.05, 4.69) is 16.7 Å². The maximum absolute atomic E-state index is 12.7. The molecule has 1 amide bonds. The number of aromatic nitrogens is 2. The molecular formula is C20H26N4O. The fourth-order valence-electron chi connectivity index (χ4n) is 3.99. The number of nitrogens with one attached hydrogen (secondary N) is 2. The Labute approximate surface area is 148 Å².